The summed E-state index contributed by atoms with van der Waals surface area (Å²) < 4.78 is 1.97. The largest absolute Gasteiger partial charge is 0.352 e. The third-order valence-electron chi connectivity index (χ3n) is 3.96. The fraction of sp³-hybridized carbons (Fsp3) is 0.250. The third-order valence-corrected chi connectivity index (χ3v) is 3.96. The van der Waals surface area contributed by atoms with Gasteiger partial charge < -0.3 is 4.90 Å². The van der Waals surface area contributed by atoms with Gasteiger partial charge in [0.25, 0.3) is 0 Å². The zero-order chi connectivity index (χ0) is 13.5. The molecule has 0 spiro atoms. The van der Waals surface area contributed by atoms with Crippen LogP contribution >= 0.6 is 0 Å². The molecule has 0 bridgehead atoms. The minimum Gasteiger partial charge on any atom is -0.352 e. The number of hydrogen-bond donors (Lipinski definition) is 0. The molecule has 2 aromatic heterocycles. The minimum absolute atomic E-state index is 0.923. The molecule has 0 amide bonds. The molecule has 0 saturated heterocycles. The van der Waals surface area contributed by atoms with Crippen LogP contribution in [-0.4, -0.2) is 21.1 Å². The van der Waals surface area contributed by atoms with Gasteiger partial charge in [0.1, 0.15) is 5.82 Å². The first-order chi connectivity index (χ1) is 9.83. The second-order valence-corrected chi connectivity index (χ2v) is 5.26. The summed E-state index contributed by atoms with van der Waals surface area (Å²) in [4.78, 5) is 7.02. The van der Waals surface area contributed by atoms with Crippen LogP contribution < -0.4 is 4.90 Å². The minimum atomic E-state index is 0.923. The highest BCUT2D eigenvalue weighted by molar-refractivity contribution is 5.60. The van der Waals surface area contributed by atoms with Gasteiger partial charge in [-0.3, -0.25) is 0 Å². The van der Waals surface area contributed by atoms with Crippen molar-refractivity contribution in [1.29, 1.82) is 0 Å². The Labute approximate surface area is 117 Å². The Morgan fingerprint density at radius 3 is 2.85 bits per heavy atom. The zero-order valence-electron chi connectivity index (χ0n) is 11.5. The van der Waals surface area contributed by atoms with E-state index in [1.165, 1.54) is 16.9 Å². The van der Waals surface area contributed by atoms with Gasteiger partial charge in [0.2, 0.25) is 0 Å². The van der Waals surface area contributed by atoms with Crippen LogP contribution in [0.3, 0.4) is 0 Å². The van der Waals surface area contributed by atoms with E-state index in [4.69, 9.17) is 0 Å². The Morgan fingerprint density at radius 1 is 1.15 bits per heavy atom. The van der Waals surface area contributed by atoms with Gasteiger partial charge in [0.15, 0.2) is 5.65 Å². The second kappa shape index (κ2) is 4.34. The Balaban J connectivity index is 1.81. The monoisotopic (exact) mass is 264 g/mol. The van der Waals surface area contributed by atoms with Crippen LogP contribution in [0.1, 0.15) is 16.8 Å². The summed E-state index contributed by atoms with van der Waals surface area (Å²) in [6, 6.07) is 12.5. The van der Waals surface area contributed by atoms with E-state index in [0.29, 0.717) is 0 Å². The van der Waals surface area contributed by atoms with Crippen LogP contribution in [0.4, 0.5) is 5.82 Å². The van der Waals surface area contributed by atoms with Crippen LogP contribution in [0.2, 0.25) is 0 Å². The fourth-order valence-corrected chi connectivity index (χ4v) is 3.00. The maximum atomic E-state index is 4.62. The topological polar surface area (TPSA) is 33.4 Å². The predicted molar refractivity (Wildman–Crippen MR) is 78.9 cm³/mol. The normalized spacial score (nSPS) is 13.9. The van der Waals surface area contributed by atoms with Crippen molar-refractivity contribution in [2.75, 3.05) is 11.4 Å². The highest BCUT2D eigenvalue weighted by Crippen LogP contribution is 2.31. The molecule has 1 aliphatic rings. The first-order valence-corrected chi connectivity index (χ1v) is 6.95. The Hall–Kier alpha value is -2.36. The molecule has 20 heavy (non-hydrogen) atoms. The number of benzene rings is 1. The first kappa shape index (κ1) is 11.5. The molecular formula is C16H16N4. The van der Waals surface area contributed by atoms with Crippen molar-refractivity contribution in [3.05, 3.63) is 59.4 Å². The molecule has 3 heterocycles. The Kier molecular flexibility index (Phi) is 2.49. The van der Waals surface area contributed by atoms with Gasteiger partial charge in [-0.2, -0.15) is 9.61 Å². The third kappa shape index (κ3) is 1.68. The van der Waals surface area contributed by atoms with Crippen LogP contribution in [0, 0.1) is 6.92 Å². The molecule has 0 unspecified atom stereocenters. The molecule has 4 nitrogen and oxygen atoms in total. The number of rotatable bonds is 2. The molecule has 1 aromatic carbocycles. The summed E-state index contributed by atoms with van der Waals surface area (Å²) >= 11 is 0. The number of aromatic nitrogens is 3. The quantitative estimate of drug-likeness (QED) is 0.713. The van der Waals surface area contributed by atoms with E-state index in [0.717, 1.165) is 30.9 Å². The van der Waals surface area contributed by atoms with Crippen LogP contribution in [0.15, 0.2) is 42.6 Å². The summed E-state index contributed by atoms with van der Waals surface area (Å²) in [6.45, 7) is 4.05. The highest BCUT2D eigenvalue weighted by atomic mass is 15.4. The molecule has 0 atom stereocenters. The SMILES string of the molecule is Cc1nc2ccnn2c2c1CCN2Cc1ccccc1. The van der Waals surface area contributed by atoms with Crippen molar-refractivity contribution < 1.29 is 0 Å². The summed E-state index contributed by atoms with van der Waals surface area (Å²) in [6.07, 6.45) is 2.87. The maximum Gasteiger partial charge on any atom is 0.157 e. The number of fused-ring (bicyclic) bond motifs is 3. The van der Waals surface area contributed by atoms with Crippen molar-refractivity contribution in [3.63, 3.8) is 0 Å². The van der Waals surface area contributed by atoms with Crippen molar-refractivity contribution in [1.82, 2.24) is 14.6 Å². The van der Waals surface area contributed by atoms with E-state index in [1.807, 2.05) is 16.8 Å². The van der Waals surface area contributed by atoms with Gasteiger partial charge in [-0.1, -0.05) is 30.3 Å². The van der Waals surface area contributed by atoms with E-state index in [-0.39, 0.29) is 0 Å². The van der Waals surface area contributed by atoms with Crippen molar-refractivity contribution >= 4 is 11.5 Å². The van der Waals surface area contributed by atoms with E-state index in [1.54, 1.807) is 0 Å². The Bertz CT molecular complexity index is 761. The molecule has 100 valence electrons. The summed E-state index contributed by atoms with van der Waals surface area (Å²) in [7, 11) is 0. The lowest BCUT2D eigenvalue weighted by molar-refractivity contribution is 0.799. The Morgan fingerprint density at radius 2 is 2.00 bits per heavy atom. The van der Waals surface area contributed by atoms with Gasteiger partial charge in [0.05, 0.1) is 6.20 Å². The average Bonchev–Trinajstić information content (AvgIpc) is 3.07. The van der Waals surface area contributed by atoms with Crippen LogP contribution in [0.25, 0.3) is 5.65 Å². The summed E-state index contributed by atoms with van der Waals surface area (Å²) in [5.74, 6) is 1.21. The van der Waals surface area contributed by atoms with E-state index in [9.17, 15) is 0 Å². The molecule has 4 heteroatoms. The number of anilines is 1. The van der Waals surface area contributed by atoms with E-state index < -0.39 is 0 Å². The molecular weight excluding hydrogens is 248 g/mol. The van der Waals surface area contributed by atoms with Crippen LogP contribution in [-0.2, 0) is 13.0 Å². The van der Waals surface area contributed by atoms with Crippen molar-refractivity contribution in [3.8, 4) is 0 Å². The molecule has 3 aromatic rings. The zero-order valence-corrected chi connectivity index (χ0v) is 11.5. The molecule has 0 saturated carbocycles. The van der Waals surface area contributed by atoms with Gasteiger partial charge >= 0.3 is 0 Å². The van der Waals surface area contributed by atoms with E-state index in [2.05, 4.69) is 52.2 Å². The average molecular weight is 264 g/mol. The van der Waals surface area contributed by atoms with Crippen molar-refractivity contribution in [2.45, 2.75) is 19.9 Å². The molecule has 0 radical (unpaired) electrons. The van der Waals surface area contributed by atoms with Crippen molar-refractivity contribution in [2.24, 2.45) is 0 Å². The smallest absolute Gasteiger partial charge is 0.157 e. The van der Waals surface area contributed by atoms with E-state index >= 15 is 0 Å². The molecule has 1 aliphatic heterocycles. The molecule has 0 N–H and O–H groups in total. The molecule has 0 aliphatic carbocycles. The van der Waals surface area contributed by atoms with Gasteiger partial charge in [-0.05, 0) is 18.9 Å². The molecule has 0 fully saturated rings. The number of nitrogens with zero attached hydrogens (tertiary/aromatic N) is 4. The standard InChI is InChI=1S/C16H16N4/c1-12-14-8-10-19(11-13-5-3-2-4-6-13)16(14)20-15(18-12)7-9-17-20/h2-7,9H,8,10-11H2,1H3. The predicted octanol–water partition coefficient (Wildman–Crippen LogP) is 2.60. The fourth-order valence-electron chi connectivity index (χ4n) is 3.00. The lowest BCUT2D eigenvalue weighted by Crippen LogP contribution is -2.22. The lowest BCUT2D eigenvalue weighted by Gasteiger charge is -2.20. The summed E-state index contributed by atoms with van der Waals surface area (Å²) in [5, 5.41) is 4.44. The first-order valence-electron chi connectivity index (χ1n) is 6.95. The number of aryl methyl sites for hydroxylation is 1. The molecule has 4 rings (SSSR count). The van der Waals surface area contributed by atoms with Gasteiger partial charge in [0, 0.05) is 30.4 Å². The van der Waals surface area contributed by atoms with Crippen LogP contribution in [0.5, 0.6) is 0 Å². The number of hydrogen-bond acceptors (Lipinski definition) is 3. The maximum absolute atomic E-state index is 4.62. The highest BCUT2D eigenvalue weighted by Gasteiger charge is 2.25. The summed E-state index contributed by atoms with van der Waals surface area (Å²) in [5.41, 5.74) is 4.72. The second-order valence-electron chi connectivity index (χ2n) is 5.26. The van der Waals surface area contributed by atoms with Gasteiger partial charge in [-0.25, -0.2) is 4.98 Å². The van der Waals surface area contributed by atoms with Gasteiger partial charge in [-0.15, -0.1) is 0 Å². The lowest BCUT2D eigenvalue weighted by atomic mass is 10.2.